The van der Waals surface area contributed by atoms with Crippen LogP contribution in [0, 0.1) is 0 Å². The lowest BCUT2D eigenvalue weighted by Gasteiger charge is -2.40. The highest BCUT2D eigenvalue weighted by Gasteiger charge is 2.31. The Morgan fingerprint density at radius 2 is 2.30 bits per heavy atom. The molecule has 1 aromatic heterocycles. The van der Waals surface area contributed by atoms with Crippen molar-refractivity contribution in [3.63, 3.8) is 0 Å². The van der Waals surface area contributed by atoms with Crippen molar-refractivity contribution in [2.75, 3.05) is 33.3 Å². The fourth-order valence-corrected chi connectivity index (χ4v) is 3.04. The monoisotopic (exact) mass is 314 g/mol. The van der Waals surface area contributed by atoms with E-state index in [4.69, 9.17) is 4.74 Å². The average molecular weight is 314 g/mol. The molecule has 1 N–H and O–H groups in total. The quantitative estimate of drug-likeness (QED) is 0.937. The van der Waals surface area contributed by atoms with Crippen LogP contribution in [0.25, 0.3) is 0 Å². The van der Waals surface area contributed by atoms with E-state index in [9.17, 15) is 4.79 Å². The van der Waals surface area contributed by atoms with E-state index in [-0.39, 0.29) is 11.9 Å². The summed E-state index contributed by atoms with van der Waals surface area (Å²) in [6.07, 6.45) is 3.58. The van der Waals surface area contributed by atoms with Crippen LogP contribution in [0.15, 0.2) is 36.7 Å². The molecule has 1 aliphatic heterocycles. The first kappa shape index (κ1) is 15.6. The molecule has 0 aliphatic carbocycles. The molecule has 1 aromatic carbocycles. The summed E-state index contributed by atoms with van der Waals surface area (Å²) in [5.41, 5.74) is 0.660. The van der Waals surface area contributed by atoms with Crippen LogP contribution in [-0.4, -0.2) is 59.0 Å². The smallest absolute Gasteiger partial charge is 0.254 e. The molecule has 0 saturated carbocycles. The summed E-state index contributed by atoms with van der Waals surface area (Å²) in [4.78, 5) is 24.6. The summed E-state index contributed by atoms with van der Waals surface area (Å²) in [5, 5.41) is 0. The van der Waals surface area contributed by atoms with Gasteiger partial charge in [0.15, 0.2) is 0 Å². The topological polar surface area (TPSA) is 61.5 Å². The lowest BCUT2D eigenvalue weighted by molar-refractivity contribution is 0.0479. The van der Waals surface area contributed by atoms with Gasteiger partial charge < -0.3 is 14.6 Å². The molecule has 0 bridgehead atoms. The number of hydrogen-bond donors (Lipinski definition) is 1. The Hall–Kier alpha value is -2.34. The minimum absolute atomic E-state index is 0.0382. The number of benzene rings is 1. The van der Waals surface area contributed by atoms with E-state index in [0.29, 0.717) is 17.9 Å². The molecule has 1 aliphatic rings. The van der Waals surface area contributed by atoms with Crippen LogP contribution in [-0.2, 0) is 0 Å². The standard InChI is InChI=1S/C17H22N4O2/c1-3-20-9-10-21(12-15(20)16-18-7-8-19-16)17(22)13-5-4-6-14(11-13)23-2/h4-8,11,15H,3,9-10,12H2,1-2H3,(H,18,19)/t15-/m0/s1. The summed E-state index contributed by atoms with van der Waals surface area (Å²) in [7, 11) is 1.61. The molecule has 3 rings (SSSR count). The predicted octanol–water partition coefficient (Wildman–Crippen LogP) is 1.94. The van der Waals surface area contributed by atoms with Crippen LogP contribution < -0.4 is 4.74 Å². The second-order valence-electron chi connectivity index (χ2n) is 5.60. The molecule has 0 spiro atoms. The molecule has 23 heavy (non-hydrogen) atoms. The van der Waals surface area contributed by atoms with Crippen molar-refractivity contribution in [2.24, 2.45) is 0 Å². The van der Waals surface area contributed by atoms with E-state index in [1.54, 1.807) is 19.4 Å². The van der Waals surface area contributed by atoms with Crippen LogP contribution in [0.1, 0.15) is 29.1 Å². The fraction of sp³-hybridized carbons (Fsp3) is 0.412. The molecule has 2 aromatic rings. The number of imidazole rings is 1. The minimum atomic E-state index is 0.0382. The first-order chi connectivity index (χ1) is 11.2. The van der Waals surface area contributed by atoms with E-state index in [1.807, 2.05) is 29.3 Å². The highest BCUT2D eigenvalue weighted by atomic mass is 16.5. The second kappa shape index (κ2) is 6.83. The number of H-pyrrole nitrogens is 1. The van der Waals surface area contributed by atoms with Crippen molar-refractivity contribution in [1.82, 2.24) is 19.8 Å². The van der Waals surface area contributed by atoms with Gasteiger partial charge in [0.25, 0.3) is 5.91 Å². The molecule has 1 atom stereocenters. The highest BCUT2D eigenvalue weighted by Crippen LogP contribution is 2.24. The van der Waals surface area contributed by atoms with Crippen molar-refractivity contribution in [1.29, 1.82) is 0 Å². The number of aromatic nitrogens is 2. The molecule has 2 heterocycles. The number of nitrogens with one attached hydrogen (secondary N) is 1. The molecular weight excluding hydrogens is 292 g/mol. The number of carbonyl (C=O) groups is 1. The Morgan fingerprint density at radius 3 is 3.00 bits per heavy atom. The van der Waals surface area contributed by atoms with Crippen molar-refractivity contribution >= 4 is 5.91 Å². The SMILES string of the molecule is CCN1CCN(C(=O)c2cccc(OC)c2)C[C@H]1c1ncc[nH]1. The minimum Gasteiger partial charge on any atom is -0.497 e. The number of amides is 1. The Labute approximate surface area is 136 Å². The number of carbonyl (C=O) groups excluding carboxylic acids is 1. The van der Waals surface area contributed by atoms with Gasteiger partial charge in [-0.05, 0) is 24.7 Å². The molecule has 6 heteroatoms. The van der Waals surface area contributed by atoms with E-state index in [0.717, 1.165) is 25.5 Å². The summed E-state index contributed by atoms with van der Waals surface area (Å²) < 4.78 is 5.21. The number of aromatic amines is 1. The molecule has 1 fully saturated rings. The zero-order chi connectivity index (χ0) is 16.2. The Morgan fingerprint density at radius 1 is 1.43 bits per heavy atom. The van der Waals surface area contributed by atoms with Gasteiger partial charge in [0.1, 0.15) is 11.6 Å². The normalized spacial score (nSPS) is 18.9. The molecule has 1 amide bonds. The Kier molecular flexibility index (Phi) is 4.62. The van der Waals surface area contributed by atoms with Gasteiger partial charge in [0, 0.05) is 37.6 Å². The first-order valence-corrected chi connectivity index (χ1v) is 7.89. The van der Waals surface area contributed by atoms with E-state index < -0.39 is 0 Å². The van der Waals surface area contributed by atoms with Crippen LogP contribution >= 0.6 is 0 Å². The molecule has 1 saturated heterocycles. The van der Waals surface area contributed by atoms with Crippen molar-refractivity contribution in [3.8, 4) is 5.75 Å². The van der Waals surface area contributed by atoms with Crippen LogP contribution in [0.5, 0.6) is 5.75 Å². The largest absolute Gasteiger partial charge is 0.497 e. The maximum Gasteiger partial charge on any atom is 0.254 e. The van der Waals surface area contributed by atoms with Gasteiger partial charge in [0.05, 0.1) is 13.2 Å². The number of piperazine rings is 1. The third kappa shape index (κ3) is 3.22. The Bertz CT molecular complexity index is 656. The van der Waals surface area contributed by atoms with Crippen LogP contribution in [0.3, 0.4) is 0 Å². The molecule has 0 unspecified atom stereocenters. The highest BCUT2D eigenvalue weighted by molar-refractivity contribution is 5.94. The zero-order valence-corrected chi connectivity index (χ0v) is 13.5. The van der Waals surface area contributed by atoms with Crippen LogP contribution in [0.2, 0.25) is 0 Å². The van der Waals surface area contributed by atoms with Crippen LogP contribution in [0.4, 0.5) is 0 Å². The predicted molar refractivity (Wildman–Crippen MR) is 87.5 cm³/mol. The summed E-state index contributed by atoms with van der Waals surface area (Å²) >= 11 is 0. The fourth-order valence-electron chi connectivity index (χ4n) is 3.04. The molecule has 6 nitrogen and oxygen atoms in total. The number of methoxy groups -OCH3 is 1. The third-order valence-electron chi connectivity index (χ3n) is 4.34. The summed E-state index contributed by atoms with van der Waals surface area (Å²) in [5.74, 6) is 1.65. The molecule has 122 valence electrons. The average Bonchev–Trinajstić information content (AvgIpc) is 3.15. The van der Waals surface area contributed by atoms with Crippen molar-refractivity contribution < 1.29 is 9.53 Å². The van der Waals surface area contributed by atoms with E-state index in [2.05, 4.69) is 21.8 Å². The Balaban J connectivity index is 1.79. The van der Waals surface area contributed by atoms with Gasteiger partial charge in [-0.25, -0.2) is 4.98 Å². The van der Waals surface area contributed by atoms with Gasteiger partial charge in [-0.15, -0.1) is 0 Å². The maximum atomic E-state index is 12.8. The summed E-state index contributed by atoms with van der Waals surface area (Å²) in [6, 6.07) is 7.42. The number of nitrogens with zero attached hydrogens (tertiary/aromatic N) is 3. The van der Waals surface area contributed by atoms with Gasteiger partial charge in [-0.1, -0.05) is 13.0 Å². The van der Waals surface area contributed by atoms with Gasteiger partial charge in [-0.2, -0.15) is 0 Å². The van der Waals surface area contributed by atoms with Gasteiger partial charge in [0.2, 0.25) is 0 Å². The number of rotatable bonds is 4. The summed E-state index contributed by atoms with van der Waals surface area (Å²) in [6.45, 7) is 5.28. The second-order valence-corrected chi connectivity index (χ2v) is 5.60. The zero-order valence-electron chi connectivity index (χ0n) is 13.5. The van der Waals surface area contributed by atoms with Crippen molar-refractivity contribution in [2.45, 2.75) is 13.0 Å². The third-order valence-corrected chi connectivity index (χ3v) is 4.34. The molecular formula is C17H22N4O2. The van der Waals surface area contributed by atoms with E-state index >= 15 is 0 Å². The van der Waals surface area contributed by atoms with Gasteiger partial charge >= 0.3 is 0 Å². The number of likely N-dealkylation sites (N-methyl/N-ethyl adjacent to an activating group) is 1. The molecule has 0 radical (unpaired) electrons. The van der Waals surface area contributed by atoms with Gasteiger partial charge in [-0.3, -0.25) is 9.69 Å². The number of hydrogen-bond acceptors (Lipinski definition) is 4. The van der Waals surface area contributed by atoms with E-state index in [1.165, 1.54) is 0 Å². The maximum absolute atomic E-state index is 12.8. The first-order valence-electron chi connectivity index (χ1n) is 7.89. The van der Waals surface area contributed by atoms with Crippen molar-refractivity contribution in [3.05, 3.63) is 48.0 Å². The lowest BCUT2D eigenvalue weighted by Crippen LogP contribution is -2.50. The lowest BCUT2D eigenvalue weighted by atomic mass is 10.1. The number of ether oxygens (including phenoxy) is 1.